The van der Waals surface area contributed by atoms with Crippen LogP contribution in [0, 0.1) is 0 Å². The van der Waals surface area contributed by atoms with Gasteiger partial charge in [0.25, 0.3) is 0 Å². The molecule has 0 aliphatic rings. The zero-order chi connectivity index (χ0) is 12.1. The molecule has 0 fully saturated rings. The van der Waals surface area contributed by atoms with Crippen LogP contribution in [0.1, 0.15) is 0 Å². The van der Waals surface area contributed by atoms with Gasteiger partial charge in [0.05, 0.1) is 5.32 Å². The van der Waals surface area contributed by atoms with Gasteiger partial charge in [-0.2, -0.15) is 0 Å². The smallest absolute Gasteiger partial charge is 0.390 e. The van der Waals surface area contributed by atoms with Crippen LogP contribution in [0.4, 0.5) is 0 Å². The Kier molecular flexibility index (Phi) is 3.68. The lowest BCUT2D eigenvalue weighted by Crippen LogP contribution is -2.63. The van der Waals surface area contributed by atoms with E-state index in [1.165, 1.54) is 0 Å². The third-order valence-corrected chi connectivity index (χ3v) is 5.94. The van der Waals surface area contributed by atoms with E-state index in [4.69, 9.17) is 8.85 Å². The lowest BCUT2D eigenvalue weighted by Gasteiger charge is -2.26. The van der Waals surface area contributed by atoms with E-state index in [0.29, 0.717) is 0 Å². The van der Waals surface area contributed by atoms with Crippen LogP contribution in [0.2, 0.25) is 0 Å². The average Bonchev–Trinajstić information content (AvgIpc) is 2.43. The molecule has 1 heterocycles. The molecule has 0 unspecified atom stereocenters. The molecule has 0 bridgehead atoms. The lowest BCUT2D eigenvalue weighted by atomic mass is 10.4. The van der Waals surface area contributed by atoms with Crippen LogP contribution in [-0.4, -0.2) is 27.8 Å². The fourth-order valence-corrected chi connectivity index (χ4v) is 4.43. The summed E-state index contributed by atoms with van der Waals surface area (Å²) in [5.74, 6) is 0. The summed E-state index contributed by atoms with van der Waals surface area (Å²) in [5.41, 5.74) is 0. The molecule has 0 amide bonds. The molecule has 88 valence electrons. The molecule has 17 heavy (non-hydrogen) atoms. The summed E-state index contributed by atoms with van der Waals surface area (Å²) in [7, 11) is 0.749. The number of benzene rings is 1. The summed E-state index contributed by atoms with van der Waals surface area (Å²) in [6.07, 6.45) is 1.76. The summed E-state index contributed by atoms with van der Waals surface area (Å²) in [4.78, 5) is 4.38. The van der Waals surface area contributed by atoms with Crippen LogP contribution in [0.25, 0.3) is 0 Å². The van der Waals surface area contributed by atoms with E-state index in [9.17, 15) is 0 Å². The van der Waals surface area contributed by atoms with Crippen LogP contribution >= 0.6 is 0 Å². The molecule has 0 atom stereocenters. The first-order chi connectivity index (χ1) is 8.33. The van der Waals surface area contributed by atoms with Gasteiger partial charge in [-0.25, -0.2) is 0 Å². The Bertz CT molecular complexity index is 416. The Balaban J connectivity index is 2.54. The van der Waals surface area contributed by atoms with Gasteiger partial charge in [-0.05, 0) is 17.3 Å². The molecule has 1 aromatic heterocycles. The summed E-state index contributed by atoms with van der Waals surface area (Å²) in [6, 6.07) is 15.8. The van der Waals surface area contributed by atoms with Gasteiger partial charge in [0.15, 0.2) is 0 Å². The number of hydrogen-bond acceptors (Lipinski definition) is 3. The fraction of sp³-hybridized carbons (Fsp3) is 0.154. The SMILES string of the molecule is CO[Si](OC)(c1ccccc1)c1ccccn1. The molecule has 2 aromatic rings. The Labute approximate surface area is 102 Å². The summed E-state index contributed by atoms with van der Waals surface area (Å²) < 4.78 is 11.4. The highest BCUT2D eigenvalue weighted by molar-refractivity contribution is 6.91. The monoisotopic (exact) mass is 245 g/mol. The third-order valence-electron chi connectivity index (χ3n) is 2.73. The van der Waals surface area contributed by atoms with Gasteiger partial charge >= 0.3 is 8.56 Å². The van der Waals surface area contributed by atoms with Crippen LogP contribution in [0.3, 0.4) is 0 Å². The number of hydrogen-bond donors (Lipinski definition) is 0. The van der Waals surface area contributed by atoms with E-state index >= 15 is 0 Å². The van der Waals surface area contributed by atoms with E-state index < -0.39 is 8.56 Å². The standard InChI is InChI=1S/C13H15NO2Si/c1-15-17(16-2,12-8-4-3-5-9-12)13-10-6-7-11-14-13/h3-11H,1-2H3. The highest BCUT2D eigenvalue weighted by Gasteiger charge is 2.42. The summed E-state index contributed by atoms with van der Waals surface area (Å²) in [6.45, 7) is 0. The molecule has 0 radical (unpaired) electrons. The molecule has 0 saturated carbocycles. The largest absolute Gasteiger partial charge is 0.425 e. The molecule has 4 heteroatoms. The van der Waals surface area contributed by atoms with E-state index in [1.807, 2.05) is 48.5 Å². The van der Waals surface area contributed by atoms with Crippen molar-refractivity contribution in [3.05, 3.63) is 54.7 Å². The van der Waals surface area contributed by atoms with Gasteiger partial charge in [0, 0.05) is 20.4 Å². The van der Waals surface area contributed by atoms with Gasteiger partial charge in [0.2, 0.25) is 0 Å². The minimum atomic E-state index is -2.61. The van der Waals surface area contributed by atoms with Crippen molar-refractivity contribution >= 4 is 19.1 Å². The van der Waals surface area contributed by atoms with E-state index in [0.717, 1.165) is 10.5 Å². The van der Waals surface area contributed by atoms with Crippen LogP contribution in [0.15, 0.2) is 54.7 Å². The maximum Gasteiger partial charge on any atom is 0.425 e. The number of pyridine rings is 1. The number of nitrogens with zero attached hydrogens (tertiary/aromatic N) is 1. The van der Waals surface area contributed by atoms with Gasteiger partial charge in [-0.15, -0.1) is 0 Å². The lowest BCUT2D eigenvalue weighted by molar-refractivity contribution is 0.271. The van der Waals surface area contributed by atoms with Crippen LogP contribution < -0.4 is 10.5 Å². The first-order valence-electron chi connectivity index (χ1n) is 5.41. The molecular weight excluding hydrogens is 230 g/mol. The zero-order valence-electron chi connectivity index (χ0n) is 9.96. The molecule has 1 aromatic carbocycles. The Morgan fingerprint density at radius 2 is 1.53 bits per heavy atom. The molecule has 0 N–H and O–H groups in total. The normalized spacial score (nSPS) is 11.4. The van der Waals surface area contributed by atoms with Gasteiger partial charge in [-0.3, -0.25) is 4.98 Å². The maximum atomic E-state index is 5.71. The van der Waals surface area contributed by atoms with Crippen LogP contribution in [0.5, 0.6) is 0 Å². The van der Waals surface area contributed by atoms with Crippen LogP contribution in [-0.2, 0) is 8.85 Å². The third kappa shape index (κ3) is 2.15. The second kappa shape index (κ2) is 5.22. The molecular formula is C13H15NO2Si. The van der Waals surface area contributed by atoms with Crippen molar-refractivity contribution in [2.75, 3.05) is 14.2 Å². The highest BCUT2D eigenvalue weighted by atomic mass is 28.4. The predicted molar refractivity (Wildman–Crippen MR) is 69.7 cm³/mol. The van der Waals surface area contributed by atoms with Crippen molar-refractivity contribution in [1.29, 1.82) is 0 Å². The van der Waals surface area contributed by atoms with Crippen molar-refractivity contribution in [3.63, 3.8) is 0 Å². The Morgan fingerprint density at radius 3 is 2.06 bits per heavy atom. The summed E-state index contributed by atoms with van der Waals surface area (Å²) in [5, 5.41) is 1.93. The van der Waals surface area contributed by atoms with Gasteiger partial charge < -0.3 is 8.85 Å². The van der Waals surface area contributed by atoms with Crippen molar-refractivity contribution < 1.29 is 8.85 Å². The van der Waals surface area contributed by atoms with Crippen molar-refractivity contribution in [1.82, 2.24) is 4.98 Å². The highest BCUT2D eigenvalue weighted by Crippen LogP contribution is 2.05. The molecule has 0 aliphatic carbocycles. The Morgan fingerprint density at radius 1 is 0.882 bits per heavy atom. The number of rotatable bonds is 4. The van der Waals surface area contributed by atoms with Gasteiger partial charge in [0.1, 0.15) is 0 Å². The predicted octanol–water partition coefficient (Wildman–Crippen LogP) is 0.931. The second-order valence-electron chi connectivity index (χ2n) is 3.61. The average molecular weight is 245 g/mol. The minimum Gasteiger partial charge on any atom is -0.390 e. The van der Waals surface area contributed by atoms with E-state index in [2.05, 4.69) is 4.98 Å². The fourth-order valence-electron chi connectivity index (χ4n) is 1.89. The van der Waals surface area contributed by atoms with Crippen molar-refractivity contribution in [2.45, 2.75) is 0 Å². The molecule has 0 aliphatic heterocycles. The van der Waals surface area contributed by atoms with Crippen molar-refractivity contribution in [3.8, 4) is 0 Å². The van der Waals surface area contributed by atoms with E-state index in [1.54, 1.807) is 20.4 Å². The Hall–Kier alpha value is -1.49. The second-order valence-corrected chi connectivity index (χ2v) is 6.75. The van der Waals surface area contributed by atoms with E-state index in [-0.39, 0.29) is 0 Å². The topological polar surface area (TPSA) is 31.4 Å². The quantitative estimate of drug-likeness (QED) is 0.751. The number of aromatic nitrogens is 1. The zero-order valence-corrected chi connectivity index (χ0v) is 11.0. The molecule has 0 spiro atoms. The first kappa shape index (κ1) is 12.0. The van der Waals surface area contributed by atoms with Gasteiger partial charge in [-0.1, -0.05) is 36.4 Å². The molecule has 3 nitrogen and oxygen atoms in total. The van der Waals surface area contributed by atoms with Crippen molar-refractivity contribution in [2.24, 2.45) is 0 Å². The minimum absolute atomic E-state index is 0.871. The molecule has 2 rings (SSSR count). The molecule has 0 saturated heterocycles. The summed E-state index contributed by atoms with van der Waals surface area (Å²) >= 11 is 0. The maximum absolute atomic E-state index is 5.71. The first-order valence-corrected chi connectivity index (χ1v) is 7.22.